The molecule has 0 unspecified atom stereocenters. The highest BCUT2D eigenvalue weighted by Gasteiger charge is 2.36. The van der Waals surface area contributed by atoms with E-state index in [2.05, 4.69) is 11.9 Å². The van der Waals surface area contributed by atoms with Gasteiger partial charge in [0.05, 0.1) is 5.54 Å². The Morgan fingerprint density at radius 2 is 2.42 bits per heavy atom. The molecular formula is C9H14N2S. The lowest BCUT2D eigenvalue weighted by atomic mass is 9.78. The van der Waals surface area contributed by atoms with Crippen LogP contribution in [0.3, 0.4) is 0 Å². The molecular weight excluding hydrogens is 168 g/mol. The van der Waals surface area contributed by atoms with E-state index in [9.17, 15) is 0 Å². The van der Waals surface area contributed by atoms with Gasteiger partial charge >= 0.3 is 0 Å². The lowest BCUT2D eigenvalue weighted by Crippen LogP contribution is -2.43. The maximum absolute atomic E-state index is 6.14. The van der Waals surface area contributed by atoms with Crippen LogP contribution in [0, 0.1) is 0 Å². The van der Waals surface area contributed by atoms with Crippen LogP contribution in [0.1, 0.15) is 36.1 Å². The Hall–Kier alpha value is -0.410. The van der Waals surface area contributed by atoms with Crippen LogP contribution in [-0.2, 0) is 12.0 Å². The van der Waals surface area contributed by atoms with Gasteiger partial charge in [0.15, 0.2) is 0 Å². The molecule has 1 saturated carbocycles. The molecule has 2 N–H and O–H groups in total. The Labute approximate surface area is 76.8 Å². The number of aryl methyl sites for hydroxylation is 1. The van der Waals surface area contributed by atoms with Gasteiger partial charge in [-0.15, -0.1) is 11.3 Å². The molecule has 0 atom stereocenters. The van der Waals surface area contributed by atoms with Crippen molar-refractivity contribution < 1.29 is 0 Å². The van der Waals surface area contributed by atoms with Crippen LogP contribution in [0.5, 0.6) is 0 Å². The maximum Gasteiger partial charge on any atom is 0.113 e. The number of thiazole rings is 1. The normalized spacial score (nSPS) is 20.5. The number of hydrogen-bond acceptors (Lipinski definition) is 3. The first-order valence-electron chi connectivity index (χ1n) is 4.49. The van der Waals surface area contributed by atoms with E-state index in [1.807, 2.05) is 6.20 Å². The highest BCUT2D eigenvalue weighted by atomic mass is 32.1. The summed E-state index contributed by atoms with van der Waals surface area (Å²) in [4.78, 5) is 5.72. The van der Waals surface area contributed by atoms with Crippen molar-refractivity contribution >= 4 is 11.3 Å². The number of rotatable bonds is 2. The van der Waals surface area contributed by atoms with Crippen molar-refractivity contribution in [2.45, 2.75) is 38.1 Å². The quantitative estimate of drug-likeness (QED) is 0.760. The second kappa shape index (κ2) is 2.82. The molecule has 1 heterocycles. The molecule has 0 radical (unpaired) electrons. The van der Waals surface area contributed by atoms with Gasteiger partial charge in [-0.1, -0.05) is 6.92 Å². The van der Waals surface area contributed by atoms with Gasteiger partial charge in [0.25, 0.3) is 0 Å². The molecule has 1 aromatic rings. The van der Waals surface area contributed by atoms with E-state index >= 15 is 0 Å². The fraction of sp³-hybridized carbons (Fsp3) is 0.667. The molecule has 12 heavy (non-hydrogen) atoms. The molecule has 2 rings (SSSR count). The molecule has 2 nitrogen and oxygen atoms in total. The molecule has 0 amide bonds. The van der Waals surface area contributed by atoms with Gasteiger partial charge in [0, 0.05) is 11.1 Å². The van der Waals surface area contributed by atoms with Crippen LogP contribution in [0.25, 0.3) is 0 Å². The van der Waals surface area contributed by atoms with Crippen LogP contribution < -0.4 is 5.73 Å². The summed E-state index contributed by atoms with van der Waals surface area (Å²) in [6.07, 6.45) is 6.53. The van der Waals surface area contributed by atoms with Crippen molar-refractivity contribution in [2.24, 2.45) is 5.73 Å². The molecule has 0 saturated heterocycles. The highest BCUT2D eigenvalue weighted by molar-refractivity contribution is 7.11. The summed E-state index contributed by atoms with van der Waals surface area (Å²) >= 11 is 1.78. The zero-order valence-electron chi connectivity index (χ0n) is 7.34. The maximum atomic E-state index is 6.14. The van der Waals surface area contributed by atoms with Crippen molar-refractivity contribution in [3.8, 4) is 0 Å². The van der Waals surface area contributed by atoms with Crippen molar-refractivity contribution in [2.75, 3.05) is 0 Å². The smallest absolute Gasteiger partial charge is 0.113 e. The van der Waals surface area contributed by atoms with Gasteiger partial charge in [-0.05, 0) is 25.7 Å². The molecule has 1 fully saturated rings. The summed E-state index contributed by atoms with van der Waals surface area (Å²) in [6, 6.07) is 0. The van der Waals surface area contributed by atoms with Crippen molar-refractivity contribution in [1.82, 2.24) is 4.98 Å². The predicted octanol–water partition coefficient (Wildman–Crippen LogP) is 2.04. The first-order valence-corrected chi connectivity index (χ1v) is 5.30. The molecule has 1 aromatic heterocycles. The first-order chi connectivity index (χ1) is 5.74. The molecule has 0 spiro atoms. The first kappa shape index (κ1) is 8.20. The van der Waals surface area contributed by atoms with E-state index in [4.69, 9.17) is 5.73 Å². The zero-order valence-corrected chi connectivity index (χ0v) is 8.16. The number of nitrogens with zero attached hydrogens (tertiary/aromatic N) is 1. The fourth-order valence-electron chi connectivity index (χ4n) is 1.47. The molecule has 0 bridgehead atoms. The van der Waals surface area contributed by atoms with Crippen molar-refractivity contribution in [1.29, 1.82) is 0 Å². The minimum absolute atomic E-state index is 0.0575. The Kier molecular flexibility index (Phi) is 1.93. The van der Waals surface area contributed by atoms with Crippen LogP contribution in [0.2, 0.25) is 0 Å². The Balaban J connectivity index is 2.22. The fourth-order valence-corrected chi connectivity index (χ4v) is 2.48. The topological polar surface area (TPSA) is 38.9 Å². The van der Waals surface area contributed by atoms with E-state index in [1.54, 1.807) is 11.3 Å². The average Bonchev–Trinajstić information content (AvgIpc) is 2.48. The van der Waals surface area contributed by atoms with E-state index in [0.717, 1.165) is 24.3 Å². The van der Waals surface area contributed by atoms with E-state index in [0.29, 0.717) is 0 Å². The van der Waals surface area contributed by atoms with E-state index in [-0.39, 0.29) is 5.54 Å². The molecule has 0 aromatic carbocycles. The number of nitrogens with two attached hydrogens (primary N) is 1. The minimum Gasteiger partial charge on any atom is -0.319 e. The Morgan fingerprint density at radius 3 is 2.83 bits per heavy atom. The van der Waals surface area contributed by atoms with Gasteiger partial charge in [-0.2, -0.15) is 0 Å². The summed E-state index contributed by atoms with van der Waals surface area (Å²) in [7, 11) is 0. The van der Waals surface area contributed by atoms with Gasteiger partial charge in [0.2, 0.25) is 0 Å². The minimum atomic E-state index is -0.0575. The Morgan fingerprint density at radius 1 is 1.67 bits per heavy atom. The second-order valence-corrected chi connectivity index (χ2v) is 4.61. The van der Waals surface area contributed by atoms with Crippen LogP contribution in [-0.4, -0.2) is 4.98 Å². The SMILES string of the molecule is CCc1cnc(C2(N)CCC2)s1. The van der Waals surface area contributed by atoms with Gasteiger partial charge in [-0.25, -0.2) is 4.98 Å². The number of aromatic nitrogens is 1. The summed E-state index contributed by atoms with van der Waals surface area (Å²) in [5.74, 6) is 0. The predicted molar refractivity (Wildman–Crippen MR) is 51.2 cm³/mol. The number of hydrogen-bond donors (Lipinski definition) is 1. The van der Waals surface area contributed by atoms with Crippen LogP contribution >= 0.6 is 11.3 Å². The summed E-state index contributed by atoms with van der Waals surface area (Å²) in [6.45, 7) is 2.15. The summed E-state index contributed by atoms with van der Waals surface area (Å²) in [5, 5.41) is 1.14. The molecule has 3 heteroatoms. The largest absolute Gasteiger partial charge is 0.319 e. The van der Waals surface area contributed by atoms with Crippen molar-refractivity contribution in [3.63, 3.8) is 0 Å². The standard InChI is InChI=1S/C9H14N2S/c1-2-7-6-11-8(12-7)9(10)4-3-5-9/h6H,2-5,10H2,1H3. The third-order valence-electron chi connectivity index (χ3n) is 2.57. The van der Waals surface area contributed by atoms with Crippen LogP contribution in [0.15, 0.2) is 6.20 Å². The van der Waals surface area contributed by atoms with Crippen LogP contribution in [0.4, 0.5) is 0 Å². The third kappa shape index (κ3) is 1.17. The molecule has 1 aliphatic carbocycles. The molecule has 66 valence electrons. The summed E-state index contributed by atoms with van der Waals surface area (Å²) < 4.78 is 0. The average molecular weight is 182 g/mol. The lowest BCUT2D eigenvalue weighted by molar-refractivity contribution is 0.253. The molecule has 1 aliphatic rings. The van der Waals surface area contributed by atoms with Gasteiger partial charge in [-0.3, -0.25) is 0 Å². The molecule has 0 aliphatic heterocycles. The van der Waals surface area contributed by atoms with Gasteiger partial charge in [0.1, 0.15) is 5.01 Å². The monoisotopic (exact) mass is 182 g/mol. The lowest BCUT2D eigenvalue weighted by Gasteiger charge is -2.35. The van der Waals surface area contributed by atoms with Crippen molar-refractivity contribution in [3.05, 3.63) is 16.1 Å². The second-order valence-electron chi connectivity index (χ2n) is 3.49. The Bertz CT molecular complexity index is 276. The van der Waals surface area contributed by atoms with Gasteiger partial charge < -0.3 is 5.73 Å². The highest BCUT2D eigenvalue weighted by Crippen LogP contribution is 2.40. The zero-order chi connectivity index (χ0) is 8.60. The third-order valence-corrected chi connectivity index (χ3v) is 3.94. The van der Waals surface area contributed by atoms with E-state index in [1.165, 1.54) is 11.3 Å². The van der Waals surface area contributed by atoms with E-state index < -0.39 is 0 Å². The summed E-state index contributed by atoms with van der Waals surface area (Å²) in [5.41, 5.74) is 6.08.